The Labute approximate surface area is 152 Å². The fourth-order valence-corrected chi connectivity index (χ4v) is 2.83. The lowest BCUT2D eigenvalue weighted by atomic mass is 10.1. The number of hydrogen-bond donors (Lipinski definition) is 1. The summed E-state index contributed by atoms with van der Waals surface area (Å²) < 4.78 is 4.81. The standard InChI is InChI=1S/C17H11Cl2NO5/c18-10-2-4-13(19)14(8-10)20-15(22)11-3-1-9(7-12(11)16(20)23)17(24)25-6-5-21/h1-4,7-8,21H,5-6H2. The summed E-state index contributed by atoms with van der Waals surface area (Å²) in [5.41, 5.74) is 0.497. The van der Waals surface area contributed by atoms with Crippen molar-refractivity contribution in [1.29, 1.82) is 0 Å². The van der Waals surface area contributed by atoms with E-state index in [1.54, 1.807) is 6.07 Å². The highest BCUT2D eigenvalue weighted by Gasteiger charge is 2.38. The number of halogens is 2. The van der Waals surface area contributed by atoms with Gasteiger partial charge in [-0.05, 0) is 36.4 Å². The number of aliphatic hydroxyl groups is 1. The quantitative estimate of drug-likeness (QED) is 0.651. The molecule has 1 N–H and O–H groups in total. The van der Waals surface area contributed by atoms with E-state index >= 15 is 0 Å². The molecule has 0 fully saturated rings. The van der Waals surface area contributed by atoms with Crippen molar-refractivity contribution in [1.82, 2.24) is 0 Å². The first-order valence-corrected chi connectivity index (χ1v) is 7.95. The molecule has 0 bridgehead atoms. The number of ether oxygens (including phenoxy) is 1. The van der Waals surface area contributed by atoms with Crippen molar-refractivity contribution in [2.45, 2.75) is 0 Å². The number of esters is 1. The van der Waals surface area contributed by atoms with Crippen LogP contribution >= 0.6 is 23.2 Å². The first kappa shape index (κ1) is 17.4. The summed E-state index contributed by atoms with van der Waals surface area (Å²) in [7, 11) is 0. The molecule has 2 aromatic rings. The molecule has 0 atom stereocenters. The Morgan fingerprint density at radius 3 is 2.48 bits per heavy atom. The van der Waals surface area contributed by atoms with E-state index < -0.39 is 17.8 Å². The predicted molar refractivity (Wildman–Crippen MR) is 91.4 cm³/mol. The lowest BCUT2D eigenvalue weighted by molar-refractivity contribution is 0.0433. The maximum absolute atomic E-state index is 12.7. The zero-order chi connectivity index (χ0) is 18.1. The third kappa shape index (κ3) is 3.11. The van der Waals surface area contributed by atoms with Crippen molar-refractivity contribution in [2.75, 3.05) is 18.1 Å². The summed E-state index contributed by atoms with van der Waals surface area (Å²) in [4.78, 5) is 38.0. The largest absolute Gasteiger partial charge is 0.460 e. The van der Waals surface area contributed by atoms with Crippen LogP contribution in [0.3, 0.4) is 0 Å². The van der Waals surface area contributed by atoms with Crippen LogP contribution in [0.25, 0.3) is 0 Å². The SMILES string of the molecule is O=C(OCCO)c1ccc2c(c1)C(=O)N(c1cc(Cl)ccc1Cl)C2=O. The number of fused-ring (bicyclic) bond motifs is 1. The van der Waals surface area contributed by atoms with Gasteiger partial charge in [0, 0.05) is 5.02 Å². The molecular formula is C17H11Cl2NO5. The van der Waals surface area contributed by atoms with Crippen molar-refractivity contribution >= 4 is 46.7 Å². The van der Waals surface area contributed by atoms with Gasteiger partial charge in [-0.25, -0.2) is 9.69 Å². The van der Waals surface area contributed by atoms with Crippen LogP contribution in [-0.4, -0.2) is 36.1 Å². The molecule has 8 heteroatoms. The monoisotopic (exact) mass is 379 g/mol. The summed E-state index contributed by atoms with van der Waals surface area (Å²) in [6.07, 6.45) is 0. The molecule has 1 heterocycles. The number of aliphatic hydroxyl groups excluding tert-OH is 1. The molecule has 0 unspecified atom stereocenters. The van der Waals surface area contributed by atoms with E-state index in [4.69, 9.17) is 33.0 Å². The fourth-order valence-electron chi connectivity index (χ4n) is 2.47. The number of anilines is 1. The van der Waals surface area contributed by atoms with Crippen molar-refractivity contribution in [3.63, 3.8) is 0 Å². The average molecular weight is 380 g/mol. The van der Waals surface area contributed by atoms with Gasteiger partial charge in [0.15, 0.2) is 0 Å². The summed E-state index contributed by atoms with van der Waals surface area (Å²) in [6, 6.07) is 8.49. The van der Waals surface area contributed by atoms with Gasteiger partial charge < -0.3 is 9.84 Å². The maximum Gasteiger partial charge on any atom is 0.338 e. The minimum Gasteiger partial charge on any atom is -0.460 e. The van der Waals surface area contributed by atoms with Crippen LogP contribution in [0, 0.1) is 0 Å². The zero-order valence-corrected chi connectivity index (χ0v) is 14.2. The Morgan fingerprint density at radius 2 is 1.76 bits per heavy atom. The van der Waals surface area contributed by atoms with Crippen molar-refractivity contribution in [2.24, 2.45) is 0 Å². The first-order valence-electron chi connectivity index (χ1n) is 7.20. The van der Waals surface area contributed by atoms with Crippen LogP contribution in [0.15, 0.2) is 36.4 Å². The van der Waals surface area contributed by atoms with Gasteiger partial charge in [-0.3, -0.25) is 9.59 Å². The molecular weight excluding hydrogens is 369 g/mol. The second-order valence-electron chi connectivity index (χ2n) is 5.16. The van der Waals surface area contributed by atoms with E-state index in [-0.39, 0.29) is 40.6 Å². The van der Waals surface area contributed by atoms with E-state index in [0.717, 1.165) is 4.90 Å². The van der Waals surface area contributed by atoms with E-state index in [1.807, 2.05) is 0 Å². The molecule has 0 aliphatic carbocycles. The Hall–Kier alpha value is -2.41. The van der Waals surface area contributed by atoms with E-state index in [0.29, 0.717) is 5.02 Å². The second kappa shape index (κ2) is 6.84. The van der Waals surface area contributed by atoms with Gasteiger partial charge in [-0.1, -0.05) is 23.2 Å². The predicted octanol–water partition coefficient (Wildman–Crippen LogP) is 2.94. The number of hydrogen-bond acceptors (Lipinski definition) is 5. The van der Waals surface area contributed by atoms with Crippen LogP contribution < -0.4 is 4.90 Å². The molecule has 0 aromatic heterocycles. The summed E-state index contributed by atoms with van der Waals surface area (Å²) >= 11 is 12.0. The minimum atomic E-state index is -0.698. The average Bonchev–Trinajstić information content (AvgIpc) is 2.85. The Balaban J connectivity index is 1.99. The fraction of sp³-hybridized carbons (Fsp3) is 0.118. The third-order valence-corrected chi connectivity index (χ3v) is 4.15. The summed E-state index contributed by atoms with van der Waals surface area (Å²) in [6.45, 7) is -0.470. The van der Waals surface area contributed by atoms with Crippen molar-refractivity contribution < 1.29 is 24.2 Å². The Morgan fingerprint density at radius 1 is 1.04 bits per heavy atom. The van der Waals surface area contributed by atoms with Crippen LogP contribution in [0.4, 0.5) is 5.69 Å². The van der Waals surface area contributed by atoms with Gasteiger partial charge in [0.2, 0.25) is 0 Å². The second-order valence-corrected chi connectivity index (χ2v) is 6.00. The van der Waals surface area contributed by atoms with E-state index in [2.05, 4.69) is 0 Å². The molecule has 0 saturated heterocycles. The van der Waals surface area contributed by atoms with Gasteiger partial charge in [0.05, 0.1) is 34.0 Å². The highest BCUT2D eigenvalue weighted by molar-refractivity contribution is 6.41. The molecule has 1 aliphatic heterocycles. The number of amides is 2. The van der Waals surface area contributed by atoms with Crippen LogP contribution in [0.2, 0.25) is 10.0 Å². The highest BCUT2D eigenvalue weighted by atomic mass is 35.5. The number of nitrogens with zero attached hydrogens (tertiary/aromatic N) is 1. The van der Waals surface area contributed by atoms with Crippen molar-refractivity contribution in [3.8, 4) is 0 Å². The molecule has 128 valence electrons. The Kier molecular flexibility index (Phi) is 4.76. The molecule has 0 radical (unpaired) electrons. The van der Waals surface area contributed by atoms with Crippen molar-refractivity contribution in [3.05, 3.63) is 63.1 Å². The lowest BCUT2D eigenvalue weighted by Crippen LogP contribution is -2.29. The van der Waals surface area contributed by atoms with Gasteiger partial charge in [0.1, 0.15) is 6.61 Å². The topological polar surface area (TPSA) is 83.9 Å². The van der Waals surface area contributed by atoms with E-state index in [9.17, 15) is 14.4 Å². The molecule has 1 aliphatic rings. The summed E-state index contributed by atoms with van der Waals surface area (Å²) in [5, 5.41) is 9.22. The van der Waals surface area contributed by atoms with Gasteiger partial charge >= 0.3 is 5.97 Å². The lowest BCUT2D eigenvalue weighted by Gasteiger charge is -2.15. The smallest absolute Gasteiger partial charge is 0.338 e. The molecule has 0 spiro atoms. The van der Waals surface area contributed by atoms with Crippen LogP contribution in [-0.2, 0) is 4.74 Å². The van der Waals surface area contributed by atoms with Gasteiger partial charge in [-0.2, -0.15) is 0 Å². The number of carbonyl (C=O) groups excluding carboxylic acids is 3. The highest BCUT2D eigenvalue weighted by Crippen LogP contribution is 2.35. The maximum atomic E-state index is 12.7. The Bertz CT molecular complexity index is 897. The third-order valence-electron chi connectivity index (χ3n) is 3.60. The molecule has 2 amide bonds. The van der Waals surface area contributed by atoms with Gasteiger partial charge in [-0.15, -0.1) is 0 Å². The molecule has 2 aromatic carbocycles. The number of rotatable bonds is 4. The molecule has 0 saturated carbocycles. The molecule has 3 rings (SSSR count). The van der Waals surface area contributed by atoms with Crippen LogP contribution in [0.5, 0.6) is 0 Å². The first-order chi connectivity index (χ1) is 11.9. The number of imide groups is 1. The molecule has 25 heavy (non-hydrogen) atoms. The van der Waals surface area contributed by atoms with Gasteiger partial charge in [0.25, 0.3) is 11.8 Å². The number of carbonyl (C=O) groups is 3. The number of benzene rings is 2. The van der Waals surface area contributed by atoms with Crippen LogP contribution in [0.1, 0.15) is 31.1 Å². The molecule has 6 nitrogen and oxygen atoms in total. The zero-order valence-electron chi connectivity index (χ0n) is 12.7. The minimum absolute atomic E-state index is 0.0690. The normalized spacial score (nSPS) is 13.2. The summed E-state index contributed by atoms with van der Waals surface area (Å²) in [5.74, 6) is -1.86. The van der Waals surface area contributed by atoms with E-state index in [1.165, 1.54) is 30.3 Å².